The van der Waals surface area contributed by atoms with E-state index >= 15 is 0 Å². The Morgan fingerprint density at radius 1 is 1.06 bits per heavy atom. The van der Waals surface area contributed by atoms with E-state index in [1.807, 2.05) is 51.9 Å². The summed E-state index contributed by atoms with van der Waals surface area (Å²) in [4.78, 5) is 33.5. The molecule has 1 atom stereocenters. The topological polar surface area (TPSA) is 70.5 Å². The molecular weight excluding hydrogens is 477 g/mol. The summed E-state index contributed by atoms with van der Waals surface area (Å²) in [5.41, 5.74) is 5.53. The van der Waals surface area contributed by atoms with Gasteiger partial charge >= 0.3 is 0 Å². The van der Waals surface area contributed by atoms with E-state index in [1.54, 1.807) is 17.0 Å². The number of benzene rings is 2. The first-order valence-corrected chi connectivity index (χ1v) is 13.0. The van der Waals surface area contributed by atoms with Crippen LogP contribution >= 0.6 is 11.3 Å². The number of likely N-dealkylation sites (tertiary alicyclic amines) is 2. The second-order valence-electron chi connectivity index (χ2n) is 9.58. The van der Waals surface area contributed by atoms with Crippen LogP contribution in [0, 0.1) is 5.82 Å². The molecule has 7 nitrogen and oxygen atoms in total. The fourth-order valence-corrected chi connectivity index (χ4v) is 5.76. The molecule has 4 heterocycles. The fraction of sp³-hybridized carbons (Fsp3) is 0.296. The van der Waals surface area contributed by atoms with Gasteiger partial charge in [0, 0.05) is 78.9 Å². The molecule has 2 aliphatic heterocycles. The van der Waals surface area contributed by atoms with Gasteiger partial charge in [-0.25, -0.2) is 9.37 Å². The van der Waals surface area contributed by atoms with Gasteiger partial charge in [0.05, 0.1) is 5.51 Å². The highest BCUT2D eigenvalue weighted by molar-refractivity contribution is 7.07. The summed E-state index contributed by atoms with van der Waals surface area (Å²) in [6.07, 6.45) is 2.87. The minimum absolute atomic E-state index is 0.00946. The van der Waals surface area contributed by atoms with Gasteiger partial charge in [0.15, 0.2) is 0 Å². The molecule has 4 aromatic rings. The third-order valence-electron chi connectivity index (χ3n) is 7.14. The molecule has 184 valence electrons. The zero-order chi connectivity index (χ0) is 24.8. The smallest absolute Gasteiger partial charge is 0.273 e. The van der Waals surface area contributed by atoms with Crippen LogP contribution in [0.2, 0.25) is 0 Å². The van der Waals surface area contributed by atoms with Crippen LogP contribution in [0.3, 0.4) is 0 Å². The number of nitrogens with one attached hydrogen (secondary N) is 1. The van der Waals surface area contributed by atoms with Gasteiger partial charge in [-0.05, 0) is 36.2 Å². The number of nitrogens with zero attached hydrogens (tertiary/aromatic N) is 4. The van der Waals surface area contributed by atoms with Crippen LogP contribution in [0.1, 0.15) is 27.3 Å². The number of amides is 2. The lowest BCUT2D eigenvalue weighted by Gasteiger charge is -2.41. The largest absolute Gasteiger partial charge is 0.350 e. The van der Waals surface area contributed by atoms with Crippen LogP contribution in [-0.2, 0) is 7.05 Å². The predicted molar refractivity (Wildman–Crippen MR) is 138 cm³/mol. The normalized spacial score (nSPS) is 18.1. The van der Waals surface area contributed by atoms with Crippen molar-refractivity contribution in [1.29, 1.82) is 0 Å². The van der Waals surface area contributed by atoms with Gasteiger partial charge in [0.1, 0.15) is 11.5 Å². The van der Waals surface area contributed by atoms with Gasteiger partial charge in [0.2, 0.25) is 0 Å². The molecule has 2 fully saturated rings. The van der Waals surface area contributed by atoms with E-state index in [2.05, 4.69) is 10.3 Å². The van der Waals surface area contributed by atoms with Crippen molar-refractivity contribution in [2.45, 2.75) is 18.5 Å². The van der Waals surface area contributed by atoms with Crippen molar-refractivity contribution in [3.8, 4) is 11.1 Å². The van der Waals surface area contributed by atoms with E-state index in [-0.39, 0.29) is 29.7 Å². The number of aryl methyl sites for hydroxylation is 1. The van der Waals surface area contributed by atoms with Crippen LogP contribution in [0.25, 0.3) is 22.0 Å². The average molecular weight is 504 g/mol. The molecular formula is C27H26FN5O2S. The lowest BCUT2D eigenvalue weighted by Crippen LogP contribution is -2.62. The van der Waals surface area contributed by atoms with Crippen molar-refractivity contribution >= 4 is 34.1 Å². The van der Waals surface area contributed by atoms with E-state index in [4.69, 9.17) is 0 Å². The Kier molecular flexibility index (Phi) is 5.81. The number of hydrogen-bond acceptors (Lipinski definition) is 5. The van der Waals surface area contributed by atoms with Crippen molar-refractivity contribution in [3.05, 3.63) is 76.6 Å². The molecule has 0 radical (unpaired) electrons. The first-order valence-electron chi connectivity index (χ1n) is 12.0. The van der Waals surface area contributed by atoms with E-state index in [0.717, 1.165) is 35.0 Å². The number of aromatic nitrogens is 2. The van der Waals surface area contributed by atoms with E-state index in [1.165, 1.54) is 23.5 Å². The molecule has 1 N–H and O–H groups in total. The quantitative estimate of drug-likeness (QED) is 0.450. The Balaban J connectivity index is 1.08. The number of carbonyl (C=O) groups is 2. The second-order valence-corrected chi connectivity index (χ2v) is 10.3. The first-order chi connectivity index (χ1) is 17.5. The van der Waals surface area contributed by atoms with E-state index in [9.17, 15) is 14.0 Å². The second kappa shape index (κ2) is 9.15. The number of hydrogen-bond donors (Lipinski definition) is 1. The summed E-state index contributed by atoms with van der Waals surface area (Å²) < 4.78 is 15.7. The Hall–Kier alpha value is -3.56. The summed E-state index contributed by atoms with van der Waals surface area (Å²) in [6.45, 7) is 2.68. The number of halogens is 1. The fourth-order valence-electron chi connectivity index (χ4n) is 5.23. The molecule has 1 unspecified atom stereocenters. The highest BCUT2D eigenvalue weighted by atomic mass is 32.1. The number of rotatable bonds is 5. The van der Waals surface area contributed by atoms with Gasteiger partial charge < -0.3 is 19.7 Å². The Morgan fingerprint density at radius 2 is 1.89 bits per heavy atom. The standard InChI is InChI=1S/C27H26FN5O2S/c1-31-14-23(17-3-2-4-19(28)9-17)22-6-5-18(10-25(22)31)26(34)33-12-21(13-33)30-20-7-8-32(11-20)27(35)24-15-36-16-29-24/h2-6,9-10,14-16,20-21,30H,7-8,11-13H2,1H3. The summed E-state index contributed by atoms with van der Waals surface area (Å²) in [5, 5.41) is 6.38. The third-order valence-corrected chi connectivity index (χ3v) is 7.73. The maximum Gasteiger partial charge on any atom is 0.273 e. The van der Waals surface area contributed by atoms with E-state index in [0.29, 0.717) is 30.9 Å². The van der Waals surface area contributed by atoms with Crippen LogP contribution in [0.4, 0.5) is 4.39 Å². The molecule has 2 aromatic carbocycles. The first kappa shape index (κ1) is 22.9. The Bertz CT molecular complexity index is 1440. The molecule has 0 bridgehead atoms. The van der Waals surface area contributed by atoms with Crippen molar-refractivity contribution in [3.63, 3.8) is 0 Å². The monoisotopic (exact) mass is 503 g/mol. The number of carbonyl (C=O) groups excluding carboxylic acids is 2. The van der Waals surface area contributed by atoms with Gasteiger partial charge in [-0.1, -0.05) is 18.2 Å². The molecule has 2 amide bonds. The molecule has 2 aromatic heterocycles. The van der Waals surface area contributed by atoms with Gasteiger partial charge in [-0.3, -0.25) is 9.59 Å². The summed E-state index contributed by atoms with van der Waals surface area (Å²) in [5.74, 6) is -0.272. The van der Waals surface area contributed by atoms with Crippen molar-refractivity contribution in [2.24, 2.45) is 7.05 Å². The molecule has 0 spiro atoms. The lowest BCUT2D eigenvalue weighted by atomic mass is 10.0. The highest BCUT2D eigenvalue weighted by Gasteiger charge is 2.35. The molecule has 2 saturated heterocycles. The minimum Gasteiger partial charge on any atom is -0.350 e. The maximum atomic E-state index is 13.8. The molecule has 9 heteroatoms. The Labute approximate surface area is 212 Å². The number of fused-ring (bicyclic) bond motifs is 1. The van der Waals surface area contributed by atoms with Crippen molar-refractivity contribution in [1.82, 2.24) is 24.7 Å². The molecule has 6 rings (SSSR count). The minimum atomic E-state index is -0.270. The van der Waals surface area contributed by atoms with Crippen LogP contribution in [0.15, 0.2) is 59.6 Å². The zero-order valence-electron chi connectivity index (χ0n) is 19.9. The molecule has 0 aliphatic carbocycles. The van der Waals surface area contributed by atoms with Gasteiger partial charge in [-0.2, -0.15) is 0 Å². The lowest BCUT2D eigenvalue weighted by molar-refractivity contribution is 0.0553. The molecule has 0 saturated carbocycles. The van der Waals surface area contributed by atoms with Crippen LogP contribution in [-0.4, -0.2) is 69.4 Å². The number of thiazole rings is 1. The van der Waals surface area contributed by atoms with Crippen molar-refractivity contribution < 1.29 is 14.0 Å². The van der Waals surface area contributed by atoms with Gasteiger partial charge in [0.25, 0.3) is 11.8 Å². The SMILES string of the molecule is Cn1cc(-c2cccc(F)c2)c2ccc(C(=O)N3CC(NC4CCN(C(=O)c5cscn5)C4)C3)cc21. The summed E-state index contributed by atoms with van der Waals surface area (Å²) >= 11 is 1.43. The third kappa shape index (κ3) is 4.18. The molecule has 36 heavy (non-hydrogen) atoms. The van der Waals surface area contributed by atoms with Gasteiger partial charge in [-0.15, -0.1) is 11.3 Å². The molecule has 2 aliphatic rings. The Morgan fingerprint density at radius 3 is 2.67 bits per heavy atom. The summed E-state index contributed by atoms with van der Waals surface area (Å²) in [7, 11) is 1.94. The zero-order valence-corrected chi connectivity index (χ0v) is 20.7. The van der Waals surface area contributed by atoms with Crippen LogP contribution in [0.5, 0.6) is 0 Å². The van der Waals surface area contributed by atoms with Crippen LogP contribution < -0.4 is 5.32 Å². The van der Waals surface area contributed by atoms with E-state index < -0.39 is 0 Å². The maximum absolute atomic E-state index is 13.8. The summed E-state index contributed by atoms with van der Waals surface area (Å²) in [6, 6.07) is 12.7. The average Bonchev–Trinajstić information content (AvgIpc) is 3.61. The highest BCUT2D eigenvalue weighted by Crippen LogP contribution is 2.31. The predicted octanol–water partition coefficient (Wildman–Crippen LogP) is 3.77. The van der Waals surface area contributed by atoms with Crippen molar-refractivity contribution in [2.75, 3.05) is 26.2 Å².